The Hall–Kier alpha value is -0.830. The summed E-state index contributed by atoms with van der Waals surface area (Å²) >= 11 is 0. The van der Waals surface area contributed by atoms with Crippen LogP contribution in [0.1, 0.15) is 37.1 Å². The van der Waals surface area contributed by atoms with Crippen LogP contribution in [0, 0.1) is 6.92 Å². The predicted molar refractivity (Wildman–Crippen MR) is 53.0 cm³/mol. The van der Waals surface area contributed by atoms with Crippen molar-refractivity contribution in [2.24, 2.45) is 0 Å². The zero-order valence-electron chi connectivity index (χ0n) is 8.85. The van der Waals surface area contributed by atoms with Gasteiger partial charge in [0.25, 0.3) is 0 Å². The molecule has 74 valence electrons. The van der Waals surface area contributed by atoms with Crippen molar-refractivity contribution in [2.45, 2.75) is 33.1 Å². The normalized spacial score (nSPS) is 11.2. The standard InChI is InChI=1S/C10H18N2O/c1-7(2)10-9(5-6-11-4)13-8(3)12-10/h7,11H,5-6H2,1-4H3. The molecule has 0 saturated heterocycles. The van der Waals surface area contributed by atoms with E-state index in [0.29, 0.717) is 5.92 Å². The fourth-order valence-corrected chi connectivity index (χ4v) is 1.35. The summed E-state index contributed by atoms with van der Waals surface area (Å²) in [5, 5.41) is 3.10. The zero-order valence-corrected chi connectivity index (χ0v) is 8.85. The molecular formula is C10H18N2O. The monoisotopic (exact) mass is 182 g/mol. The lowest BCUT2D eigenvalue weighted by atomic mass is 10.1. The molecule has 13 heavy (non-hydrogen) atoms. The van der Waals surface area contributed by atoms with Crippen LogP contribution in [-0.2, 0) is 6.42 Å². The first-order valence-electron chi connectivity index (χ1n) is 4.76. The summed E-state index contributed by atoms with van der Waals surface area (Å²) in [4.78, 5) is 4.37. The summed E-state index contributed by atoms with van der Waals surface area (Å²) < 4.78 is 5.53. The largest absolute Gasteiger partial charge is 0.446 e. The highest BCUT2D eigenvalue weighted by Gasteiger charge is 2.13. The van der Waals surface area contributed by atoms with E-state index in [1.807, 2.05) is 14.0 Å². The molecule has 3 nitrogen and oxygen atoms in total. The number of aryl methyl sites for hydroxylation is 1. The molecule has 1 heterocycles. The van der Waals surface area contributed by atoms with Crippen LogP contribution in [0.25, 0.3) is 0 Å². The molecule has 1 N–H and O–H groups in total. The average Bonchev–Trinajstić information content (AvgIpc) is 2.43. The number of rotatable bonds is 4. The molecule has 1 aromatic rings. The van der Waals surface area contributed by atoms with Gasteiger partial charge in [-0.15, -0.1) is 0 Å². The van der Waals surface area contributed by atoms with Gasteiger partial charge in [0, 0.05) is 19.9 Å². The van der Waals surface area contributed by atoms with Crippen molar-refractivity contribution in [1.29, 1.82) is 0 Å². The Morgan fingerprint density at radius 3 is 2.69 bits per heavy atom. The van der Waals surface area contributed by atoms with Gasteiger partial charge < -0.3 is 9.73 Å². The Morgan fingerprint density at radius 2 is 2.15 bits per heavy atom. The predicted octanol–water partition coefficient (Wildman–Crippen LogP) is 1.87. The minimum Gasteiger partial charge on any atom is -0.446 e. The highest BCUT2D eigenvalue weighted by molar-refractivity contribution is 5.14. The molecule has 1 rings (SSSR count). The quantitative estimate of drug-likeness (QED) is 0.772. The van der Waals surface area contributed by atoms with Gasteiger partial charge in [-0.2, -0.15) is 0 Å². The van der Waals surface area contributed by atoms with Crippen LogP contribution in [0.3, 0.4) is 0 Å². The summed E-state index contributed by atoms with van der Waals surface area (Å²) in [6.07, 6.45) is 0.921. The smallest absolute Gasteiger partial charge is 0.191 e. The fraction of sp³-hybridized carbons (Fsp3) is 0.700. The second-order valence-electron chi connectivity index (χ2n) is 3.55. The maximum absolute atomic E-state index is 5.53. The highest BCUT2D eigenvalue weighted by atomic mass is 16.4. The fourth-order valence-electron chi connectivity index (χ4n) is 1.35. The second kappa shape index (κ2) is 4.42. The third-order valence-electron chi connectivity index (χ3n) is 1.98. The molecule has 0 fully saturated rings. The van der Waals surface area contributed by atoms with Gasteiger partial charge in [0.15, 0.2) is 5.89 Å². The van der Waals surface area contributed by atoms with E-state index >= 15 is 0 Å². The van der Waals surface area contributed by atoms with E-state index in [0.717, 1.165) is 30.3 Å². The Labute approximate surface area is 79.5 Å². The van der Waals surface area contributed by atoms with Gasteiger partial charge in [-0.1, -0.05) is 13.8 Å². The van der Waals surface area contributed by atoms with Crippen LogP contribution in [0.4, 0.5) is 0 Å². The van der Waals surface area contributed by atoms with Crippen molar-refractivity contribution in [3.63, 3.8) is 0 Å². The average molecular weight is 182 g/mol. The molecule has 0 atom stereocenters. The molecule has 0 bridgehead atoms. The molecule has 0 aliphatic rings. The molecule has 0 spiro atoms. The van der Waals surface area contributed by atoms with Crippen molar-refractivity contribution in [2.75, 3.05) is 13.6 Å². The summed E-state index contributed by atoms with van der Waals surface area (Å²) in [7, 11) is 1.94. The van der Waals surface area contributed by atoms with E-state index in [2.05, 4.69) is 24.1 Å². The molecule has 0 aliphatic heterocycles. The molecule has 0 aromatic carbocycles. The molecule has 0 amide bonds. The maximum atomic E-state index is 5.53. The van der Waals surface area contributed by atoms with E-state index in [4.69, 9.17) is 4.42 Å². The van der Waals surface area contributed by atoms with Crippen molar-refractivity contribution in [1.82, 2.24) is 10.3 Å². The summed E-state index contributed by atoms with van der Waals surface area (Å²) in [6, 6.07) is 0. The number of likely N-dealkylation sites (N-methyl/N-ethyl adjacent to an activating group) is 1. The van der Waals surface area contributed by atoms with Crippen molar-refractivity contribution in [3.8, 4) is 0 Å². The lowest BCUT2D eigenvalue weighted by Gasteiger charge is -2.02. The molecule has 3 heteroatoms. The lowest BCUT2D eigenvalue weighted by molar-refractivity contribution is 0.468. The van der Waals surface area contributed by atoms with Crippen LogP contribution < -0.4 is 5.32 Å². The number of hydrogen-bond acceptors (Lipinski definition) is 3. The van der Waals surface area contributed by atoms with E-state index < -0.39 is 0 Å². The minimum atomic E-state index is 0.448. The summed E-state index contributed by atoms with van der Waals surface area (Å²) in [6.45, 7) is 7.11. The summed E-state index contributed by atoms with van der Waals surface area (Å²) in [5.41, 5.74) is 1.10. The number of nitrogens with zero attached hydrogens (tertiary/aromatic N) is 1. The van der Waals surface area contributed by atoms with E-state index in [-0.39, 0.29) is 0 Å². The SMILES string of the molecule is CNCCc1oc(C)nc1C(C)C. The second-order valence-corrected chi connectivity index (χ2v) is 3.55. The molecule has 0 unspecified atom stereocenters. The van der Waals surface area contributed by atoms with Crippen LogP contribution in [0.5, 0.6) is 0 Å². The topological polar surface area (TPSA) is 38.1 Å². The van der Waals surface area contributed by atoms with E-state index in [1.54, 1.807) is 0 Å². The number of oxazole rings is 1. The Kier molecular flexibility index (Phi) is 3.48. The Morgan fingerprint density at radius 1 is 1.46 bits per heavy atom. The van der Waals surface area contributed by atoms with Gasteiger partial charge in [-0.25, -0.2) is 4.98 Å². The van der Waals surface area contributed by atoms with E-state index in [1.165, 1.54) is 0 Å². The Bertz CT molecular complexity index is 266. The first kappa shape index (κ1) is 10.3. The molecule has 0 saturated carbocycles. The van der Waals surface area contributed by atoms with Crippen LogP contribution >= 0.6 is 0 Å². The van der Waals surface area contributed by atoms with Crippen LogP contribution in [-0.4, -0.2) is 18.6 Å². The lowest BCUT2D eigenvalue weighted by Crippen LogP contribution is -2.11. The van der Waals surface area contributed by atoms with Gasteiger partial charge in [0.05, 0.1) is 5.69 Å². The van der Waals surface area contributed by atoms with Crippen molar-refractivity contribution in [3.05, 3.63) is 17.3 Å². The highest BCUT2D eigenvalue weighted by Crippen LogP contribution is 2.19. The van der Waals surface area contributed by atoms with Gasteiger partial charge in [-0.05, 0) is 13.0 Å². The summed E-state index contributed by atoms with van der Waals surface area (Å²) in [5.74, 6) is 2.25. The van der Waals surface area contributed by atoms with Crippen LogP contribution in [0.15, 0.2) is 4.42 Å². The molecule has 0 radical (unpaired) electrons. The number of hydrogen-bond donors (Lipinski definition) is 1. The molecule has 0 aliphatic carbocycles. The van der Waals surface area contributed by atoms with Gasteiger partial charge in [-0.3, -0.25) is 0 Å². The molecule has 1 aromatic heterocycles. The van der Waals surface area contributed by atoms with Crippen molar-refractivity contribution < 1.29 is 4.42 Å². The van der Waals surface area contributed by atoms with Gasteiger partial charge in [0.2, 0.25) is 0 Å². The third kappa shape index (κ3) is 2.56. The van der Waals surface area contributed by atoms with Gasteiger partial charge >= 0.3 is 0 Å². The first-order valence-corrected chi connectivity index (χ1v) is 4.76. The first-order chi connectivity index (χ1) is 6.15. The Balaban J connectivity index is 2.78. The zero-order chi connectivity index (χ0) is 9.84. The third-order valence-corrected chi connectivity index (χ3v) is 1.98. The van der Waals surface area contributed by atoms with Gasteiger partial charge in [0.1, 0.15) is 5.76 Å². The van der Waals surface area contributed by atoms with Crippen LogP contribution in [0.2, 0.25) is 0 Å². The van der Waals surface area contributed by atoms with Crippen molar-refractivity contribution >= 4 is 0 Å². The maximum Gasteiger partial charge on any atom is 0.191 e. The number of nitrogens with one attached hydrogen (secondary N) is 1. The minimum absolute atomic E-state index is 0.448. The van der Waals surface area contributed by atoms with E-state index in [9.17, 15) is 0 Å². The number of aromatic nitrogens is 1. The molecular weight excluding hydrogens is 164 g/mol.